The number of rotatable bonds is 7. The molecule has 0 aromatic heterocycles. The number of carbonyl (C=O) groups is 2. The molecule has 0 heterocycles. The minimum Gasteiger partial charge on any atom is -0.326 e. The fraction of sp³-hybridized carbons (Fsp3) is 0.333. The SMILES string of the molecule is CCCCCC(=O)Nc1ccc(C(=O)Nc2cccc(C)c2C)cc1. The average Bonchev–Trinajstić information content (AvgIpc) is 2.60. The topological polar surface area (TPSA) is 58.2 Å². The highest BCUT2D eigenvalue weighted by molar-refractivity contribution is 6.05. The van der Waals surface area contributed by atoms with Gasteiger partial charge in [0.1, 0.15) is 0 Å². The van der Waals surface area contributed by atoms with E-state index in [9.17, 15) is 9.59 Å². The van der Waals surface area contributed by atoms with E-state index in [4.69, 9.17) is 0 Å². The first-order chi connectivity index (χ1) is 12.0. The fourth-order valence-electron chi connectivity index (χ4n) is 2.54. The predicted octanol–water partition coefficient (Wildman–Crippen LogP) is 5.07. The molecule has 4 heteroatoms. The summed E-state index contributed by atoms with van der Waals surface area (Å²) in [5.74, 6) is -0.143. The summed E-state index contributed by atoms with van der Waals surface area (Å²) >= 11 is 0. The second-order valence-corrected chi connectivity index (χ2v) is 6.28. The van der Waals surface area contributed by atoms with Crippen LogP contribution in [0.3, 0.4) is 0 Å². The lowest BCUT2D eigenvalue weighted by atomic mass is 10.1. The first-order valence-electron chi connectivity index (χ1n) is 8.78. The lowest BCUT2D eigenvalue weighted by Crippen LogP contribution is -2.14. The van der Waals surface area contributed by atoms with Gasteiger partial charge in [-0.25, -0.2) is 0 Å². The van der Waals surface area contributed by atoms with Crippen LogP contribution in [-0.4, -0.2) is 11.8 Å². The van der Waals surface area contributed by atoms with E-state index in [2.05, 4.69) is 17.6 Å². The monoisotopic (exact) mass is 338 g/mol. The average molecular weight is 338 g/mol. The molecule has 2 rings (SSSR count). The smallest absolute Gasteiger partial charge is 0.255 e. The first-order valence-corrected chi connectivity index (χ1v) is 8.78. The number of anilines is 2. The Labute approximate surface area is 149 Å². The number of aryl methyl sites for hydroxylation is 1. The van der Waals surface area contributed by atoms with Gasteiger partial charge >= 0.3 is 0 Å². The molecule has 2 amide bonds. The maximum Gasteiger partial charge on any atom is 0.255 e. The van der Waals surface area contributed by atoms with E-state index in [0.717, 1.165) is 36.1 Å². The van der Waals surface area contributed by atoms with Crippen LogP contribution >= 0.6 is 0 Å². The van der Waals surface area contributed by atoms with Gasteiger partial charge in [-0.3, -0.25) is 9.59 Å². The zero-order valence-corrected chi connectivity index (χ0v) is 15.2. The molecule has 2 aromatic carbocycles. The summed E-state index contributed by atoms with van der Waals surface area (Å²) in [7, 11) is 0. The van der Waals surface area contributed by atoms with Gasteiger partial charge in [-0.2, -0.15) is 0 Å². The Morgan fingerprint density at radius 3 is 2.32 bits per heavy atom. The molecule has 0 unspecified atom stereocenters. The zero-order valence-electron chi connectivity index (χ0n) is 15.2. The van der Waals surface area contributed by atoms with Gasteiger partial charge in [0.2, 0.25) is 5.91 Å². The second-order valence-electron chi connectivity index (χ2n) is 6.28. The Balaban J connectivity index is 1.96. The third-order valence-electron chi connectivity index (χ3n) is 4.29. The normalized spacial score (nSPS) is 10.4. The maximum atomic E-state index is 12.4. The van der Waals surface area contributed by atoms with Crippen LogP contribution < -0.4 is 10.6 Å². The number of amides is 2. The number of hydrogen-bond donors (Lipinski definition) is 2. The Bertz CT molecular complexity index is 736. The van der Waals surface area contributed by atoms with Crippen LogP contribution in [0.25, 0.3) is 0 Å². The number of nitrogens with one attached hydrogen (secondary N) is 2. The molecule has 0 aliphatic rings. The minimum atomic E-state index is -0.158. The standard InChI is InChI=1S/C21H26N2O2/c1-4-5-6-10-20(24)22-18-13-11-17(12-14-18)21(25)23-19-9-7-8-15(2)16(19)3/h7-9,11-14H,4-6,10H2,1-3H3,(H,22,24)(H,23,25). The molecule has 2 aromatic rings. The number of carbonyl (C=O) groups excluding carboxylic acids is 2. The van der Waals surface area contributed by atoms with Crippen molar-refractivity contribution in [3.8, 4) is 0 Å². The van der Waals surface area contributed by atoms with Crippen LogP contribution in [-0.2, 0) is 4.79 Å². The molecular weight excluding hydrogens is 312 g/mol. The molecule has 0 aliphatic carbocycles. The summed E-state index contributed by atoms with van der Waals surface area (Å²) in [6.45, 7) is 6.12. The van der Waals surface area contributed by atoms with E-state index < -0.39 is 0 Å². The Hall–Kier alpha value is -2.62. The lowest BCUT2D eigenvalue weighted by Gasteiger charge is -2.11. The highest BCUT2D eigenvalue weighted by Crippen LogP contribution is 2.19. The molecule has 132 valence electrons. The van der Waals surface area contributed by atoms with Crippen LogP contribution in [0.4, 0.5) is 11.4 Å². The molecule has 0 radical (unpaired) electrons. The zero-order chi connectivity index (χ0) is 18.2. The van der Waals surface area contributed by atoms with Gasteiger partial charge in [-0.1, -0.05) is 31.9 Å². The summed E-state index contributed by atoms with van der Waals surface area (Å²) in [6.07, 6.45) is 3.59. The quantitative estimate of drug-likeness (QED) is 0.692. The highest BCUT2D eigenvalue weighted by Gasteiger charge is 2.09. The van der Waals surface area contributed by atoms with Crippen molar-refractivity contribution in [2.24, 2.45) is 0 Å². The lowest BCUT2D eigenvalue weighted by molar-refractivity contribution is -0.116. The van der Waals surface area contributed by atoms with E-state index in [1.54, 1.807) is 24.3 Å². The van der Waals surface area contributed by atoms with Crippen molar-refractivity contribution in [2.45, 2.75) is 46.5 Å². The van der Waals surface area contributed by atoms with Crippen molar-refractivity contribution in [2.75, 3.05) is 10.6 Å². The third kappa shape index (κ3) is 5.45. The van der Waals surface area contributed by atoms with Crippen molar-refractivity contribution in [3.63, 3.8) is 0 Å². The molecule has 0 saturated heterocycles. The van der Waals surface area contributed by atoms with E-state index in [-0.39, 0.29) is 11.8 Å². The molecule has 0 saturated carbocycles. The van der Waals surface area contributed by atoms with E-state index in [0.29, 0.717) is 17.7 Å². The summed E-state index contributed by atoms with van der Waals surface area (Å²) < 4.78 is 0. The van der Waals surface area contributed by atoms with Gasteiger partial charge in [0, 0.05) is 23.4 Å². The summed E-state index contributed by atoms with van der Waals surface area (Å²) in [6, 6.07) is 12.8. The van der Waals surface area contributed by atoms with Gasteiger partial charge in [0.05, 0.1) is 0 Å². The number of benzene rings is 2. The molecule has 4 nitrogen and oxygen atoms in total. The molecule has 0 atom stereocenters. The van der Waals surface area contributed by atoms with E-state index >= 15 is 0 Å². The van der Waals surface area contributed by atoms with Crippen LogP contribution in [0.1, 0.15) is 54.1 Å². The van der Waals surface area contributed by atoms with Crippen LogP contribution in [0.5, 0.6) is 0 Å². The first kappa shape index (κ1) is 18.7. The fourth-order valence-corrected chi connectivity index (χ4v) is 2.54. The molecule has 0 spiro atoms. The summed E-state index contributed by atoms with van der Waals surface area (Å²) in [4.78, 5) is 24.2. The van der Waals surface area contributed by atoms with Crippen molar-refractivity contribution >= 4 is 23.2 Å². The maximum absolute atomic E-state index is 12.4. The minimum absolute atomic E-state index is 0.0148. The van der Waals surface area contributed by atoms with Gasteiger partial charge in [-0.15, -0.1) is 0 Å². The largest absolute Gasteiger partial charge is 0.326 e. The Kier molecular flexibility index (Phi) is 6.75. The van der Waals surface area contributed by atoms with Crippen molar-refractivity contribution in [3.05, 3.63) is 59.2 Å². The van der Waals surface area contributed by atoms with Crippen LogP contribution in [0, 0.1) is 13.8 Å². The molecular formula is C21H26N2O2. The van der Waals surface area contributed by atoms with Crippen molar-refractivity contribution < 1.29 is 9.59 Å². The number of unbranched alkanes of at least 4 members (excludes halogenated alkanes) is 2. The molecule has 0 bridgehead atoms. The van der Waals surface area contributed by atoms with E-state index in [1.807, 2.05) is 32.0 Å². The molecule has 25 heavy (non-hydrogen) atoms. The third-order valence-corrected chi connectivity index (χ3v) is 4.29. The predicted molar refractivity (Wildman–Crippen MR) is 103 cm³/mol. The Morgan fingerprint density at radius 1 is 0.920 bits per heavy atom. The van der Waals surface area contributed by atoms with Crippen molar-refractivity contribution in [1.29, 1.82) is 0 Å². The Morgan fingerprint density at radius 2 is 1.64 bits per heavy atom. The molecule has 0 aliphatic heterocycles. The van der Waals surface area contributed by atoms with Crippen LogP contribution in [0.15, 0.2) is 42.5 Å². The highest BCUT2D eigenvalue weighted by atomic mass is 16.2. The van der Waals surface area contributed by atoms with Gasteiger partial charge < -0.3 is 10.6 Å². The molecule has 0 fully saturated rings. The number of hydrogen-bond acceptors (Lipinski definition) is 2. The second kappa shape index (κ2) is 9.02. The van der Waals surface area contributed by atoms with E-state index in [1.165, 1.54) is 0 Å². The van der Waals surface area contributed by atoms with Gasteiger partial charge in [0.15, 0.2) is 0 Å². The van der Waals surface area contributed by atoms with Gasteiger partial charge in [-0.05, 0) is 61.7 Å². The van der Waals surface area contributed by atoms with Crippen molar-refractivity contribution in [1.82, 2.24) is 0 Å². The van der Waals surface area contributed by atoms with Gasteiger partial charge in [0.25, 0.3) is 5.91 Å². The summed E-state index contributed by atoms with van der Waals surface area (Å²) in [5, 5.41) is 5.80. The van der Waals surface area contributed by atoms with Crippen LogP contribution in [0.2, 0.25) is 0 Å². The molecule has 2 N–H and O–H groups in total. The summed E-state index contributed by atoms with van der Waals surface area (Å²) in [5.41, 5.74) is 4.29.